The van der Waals surface area contributed by atoms with Crippen molar-refractivity contribution < 1.29 is 14.3 Å². The second-order valence-corrected chi connectivity index (χ2v) is 9.84. The first-order valence-electron chi connectivity index (χ1n) is 11.2. The van der Waals surface area contributed by atoms with Gasteiger partial charge in [-0.25, -0.2) is 0 Å². The molecule has 2 aromatic carbocycles. The van der Waals surface area contributed by atoms with Gasteiger partial charge in [-0.1, -0.05) is 42.0 Å². The Labute approximate surface area is 194 Å². The Balaban J connectivity index is 1.29. The summed E-state index contributed by atoms with van der Waals surface area (Å²) in [5, 5.41) is 6.56. The SMILES string of the molecule is COc1ccc(/C=C2/SC3CCC(C(=O)NCCc4ccc(C)cc4)CC3NC2=O)cc1. The fourth-order valence-corrected chi connectivity index (χ4v) is 5.60. The van der Waals surface area contributed by atoms with Crippen molar-refractivity contribution in [3.8, 4) is 5.75 Å². The average Bonchev–Trinajstić information content (AvgIpc) is 2.81. The molecule has 1 heterocycles. The highest BCUT2D eigenvalue weighted by molar-refractivity contribution is 8.04. The Hall–Kier alpha value is -2.73. The van der Waals surface area contributed by atoms with Crippen LogP contribution in [0.25, 0.3) is 6.08 Å². The number of hydrogen-bond donors (Lipinski definition) is 2. The summed E-state index contributed by atoms with van der Waals surface area (Å²) in [4.78, 5) is 26.1. The molecule has 0 bridgehead atoms. The van der Waals surface area contributed by atoms with E-state index in [9.17, 15) is 9.59 Å². The molecule has 6 heteroatoms. The van der Waals surface area contributed by atoms with Gasteiger partial charge in [0.15, 0.2) is 0 Å². The molecule has 4 rings (SSSR count). The van der Waals surface area contributed by atoms with Crippen molar-refractivity contribution in [3.63, 3.8) is 0 Å². The van der Waals surface area contributed by atoms with E-state index in [1.165, 1.54) is 11.1 Å². The lowest BCUT2D eigenvalue weighted by atomic mass is 9.84. The third-order valence-corrected chi connectivity index (χ3v) is 7.65. The smallest absolute Gasteiger partial charge is 0.257 e. The molecular formula is C26H30N2O3S. The maximum absolute atomic E-state index is 12.7. The summed E-state index contributed by atoms with van der Waals surface area (Å²) in [6, 6.07) is 16.1. The minimum Gasteiger partial charge on any atom is -0.497 e. The molecule has 0 radical (unpaired) electrons. The van der Waals surface area contributed by atoms with Crippen LogP contribution in [-0.2, 0) is 16.0 Å². The molecule has 1 aliphatic carbocycles. The van der Waals surface area contributed by atoms with E-state index in [0.29, 0.717) is 18.2 Å². The van der Waals surface area contributed by atoms with Gasteiger partial charge in [-0.05, 0) is 61.9 Å². The van der Waals surface area contributed by atoms with Crippen molar-refractivity contribution in [1.82, 2.24) is 10.6 Å². The first-order valence-corrected chi connectivity index (χ1v) is 12.1. The number of amides is 2. The third-order valence-electron chi connectivity index (χ3n) is 6.22. The zero-order valence-corrected chi connectivity index (χ0v) is 19.4. The highest BCUT2D eigenvalue weighted by Gasteiger charge is 2.39. The van der Waals surface area contributed by atoms with Crippen molar-refractivity contribution in [3.05, 3.63) is 70.1 Å². The maximum atomic E-state index is 12.7. The molecule has 2 aromatic rings. The van der Waals surface area contributed by atoms with Crippen LogP contribution in [0.4, 0.5) is 0 Å². The fraction of sp³-hybridized carbons (Fsp3) is 0.385. The van der Waals surface area contributed by atoms with Crippen molar-refractivity contribution in [2.24, 2.45) is 5.92 Å². The van der Waals surface area contributed by atoms with Crippen molar-refractivity contribution in [1.29, 1.82) is 0 Å². The maximum Gasteiger partial charge on any atom is 0.257 e. The number of rotatable bonds is 6. The highest BCUT2D eigenvalue weighted by Crippen LogP contribution is 2.40. The van der Waals surface area contributed by atoms with Gasteiger partial charge in [0.1, 0.15) is 5.75 Å². The summed E-state index contributed by atoms with van der Waals surface area (Å²) in [7, 11) is 1.64. The van der Waals surface area contributed by atoms with Crippen LogP contribution in [-0.4, -0.2) is 36.8 Å². The van der Waals surface area contributed by atoms with Crippen LogP contribution in [0.3, 0.4) is 0 Å². The van der Waals surface area contributed by atoms with E-state index in [1.807, 2.05) is 30.3 Å². The quantitative estimate of drug-likeness (QED) is 0.650. The zero-order chi connectivity index (χ0) is 22.5. The highest BCUT2D eigenvalue weighted by atomic mass is 32.2. The van der Waals surface area contributed by atoms with Gasteiger partial charge in [-0.15, -0.1) is 11.8 Å². The molecule has 2 amide bonds. The van der Waals surface area contributed by atoms with E-state index in [1.54, 1.807) is 18.9 Å². The molecule has 0 aromatic heterocycles. The Morgan fingerprint density at radius 3 is 2.62 bits per heavy atom. The van der Waals surface area contributed by atoms with Gasteiger partial charge >= 0.3 is 0 Å². The number of hydrogen-bond acceptors (Lipinski definition) is 4. The molecule has 3 atom stereocenters. The summed E-state index contributed by atoms with van der Waals surface area (Å²) in [5.41, 5.74) is 3.44. The summed E-state index contributed by atoms with van der Waals surface area (Å²) in [5.74, 6) is 0.813. The summed E-state index contributed by atoms with van der Waals surface area (Å²) in [6.07, 6.45) is 5.24. The number of carbonyl (C=O) groups is 2. The third kappa shape index (κ3) is 5.54. The Morgan fingerprint density at radius 1 is 1.16 bits per heavy atom. The average molecular weight is 451 g/mol. The molecule has 1 saturated heterocycles. The van der Waals surface area contributed by atoms with Gasteiger partial charge in [0.2, 0.25) is 5.91 Å². The van der Waals surface area contributed by atoms with Gasteiger partial charge in [0.05, 0.1) is 12.0 Å². The predicted octanol–water partition coefficient (Wildman–Crippen LogP) is 4.10. The number of nitrogens with one attached hydrogen (secondary N) is 2. The Bertz CT molecular complexity index is 985. The van der Waals surface area contributed by atoms with Crippen LogP contribution >= 0.6 is 11.8 Å². The molecule has 3 unspecified atom stereocenters. The Morgan fingerprint density at radius 2 is 1.91 bits per heavy atom. The van der Waals surface area contributed by atoms with Crippen molar-refractivity contribution in [2.75, 3.05) is 13.7 Å². The van der Waals surface area contributed by atoms with E-state index in [-0.39, 0.29) is 23.8 Å². The van der Waals surface area contributed by atoms with Gasteiger partial charge in [0, 0.05) is 23.8 Å². The lowest BCUT2D eigenvalue weighted by Gasteiger charge is -2.39. The summed E-state index contributed by atoms with van der Waals surface area (Å²) < 4.78 is 5.19. The van der Waals surface area contributed by atoms with Crippen LogP contribution < -0.4 is 15.4 Å². The van der Waals surface area contributed by atoms with Crippen LogP contribution in [0.1, 0.15) is 36.0 Å². The largest absolute Gasteiger partial charge is 0.497 e. The number of thioether (sulfide) groups is 1. The molecule has 5 nitrogen and oxygen atoms in total. The number of methoxy groups -OCH3 is 1. The van der Waals surface area contributed by atoms with Crippen molar-refractivity contribution in [2.45, 2.75) is 43.9 Å². The van der Waals surface area contributed by atoms with Gasteiger partial charge in [-0.3, -0.25) is 9.59 Å². The monoisotopic (exact) mass is 450 g/mol. The topological polar surface area (TPSA) is 67.4 Å². The molecule has 168 valence electrons. The van der Waals surface area contributed by atoms with E-state index in [0.717, 1.165) is 35.5 Å². The van der Waals surface area contributed by atoms with Gasteiger partial charge in [0.25, 0.3) is 5.91 Å². The van der Waals surface area contributed by atoms with E-state index < -0.39 is 0 Å². The van der Waals surface area contributed by atoms with Crippen LogP contribution in [0, 0.1) is 12.8 Å². The van der Waals surface area contributed by atoms with Crippen LogP contribution in [0.5, 0.6) is 5.75 Å². The number of fused-ring (bicyclic) bond motifs is 1. The van der Waals surface area contributed by atoms with E-state index in [2.05, 4.69) is 41.8 Å². The standard InChI is InChI=1S/C26H30N2O3S/c1-17-3-5-18(6-4-17)13-14-27-25(29)20-9-12-23-22(16-20)28-26(30)24(32-23)15-19-7-10-21(31-2)11-8-19/h3-8,10-11,15,20,22-23H,9,12-14,16H2,1-2H3,(H,27,29)(H,28,30)/b24-15+. The molecule has 2 aliphatic rings. The first kappa shape index (κ1) is 22.5. The molecule has 0 spiro atoms. The van der Waals surface area contributed by atoms with E-state index >= 15 is 0 Å². The molecule has 32 heavy (non-hydrogen) atoms. The lowest BCUT2D eigenvalue weighted by Crippen LogP contribution is -2.51. The summed E-state index contributed by atoms with van der Waals surface area (Å²) in [6.45, 7) is 2.71. The predicted molar refractivity (Wildman–Crippen MR) is 130 cm³/mol. The zero-order valence-electron chi connectivity index (χ0n) is 18.6. The van der Waals surface area contributed by atoms with Gasteiger partial charge < -0.3 is 15.4 Å². The van der Waals surface area contributed by atoms with Crippen LogP contribution in [0.15, 0.2) is 53.4 Å². The minimum atomic E-state index is -0.0486. The number of aryl methyl sites for hydroxylation is 1. The van der Waals surface area contributed by atoms with Gasteiger partial charge in [-0.2, -0.15) is 0 Å². The normalized spacial score (nSPS) is 23.9. The van der Waals surface area contributed by atoms with Crippen LogP contribution in [0.2, 0.25) is 0 Å². The molecular weight excluding hydrogens is 420 g/mol. The number of carbonyl (C=O) groups excluding carboxylic acids is 2. The Kier molecular flexibility index (Phi) is 7.20. The molecule has 2 N–H and O–H groups in total. The number of benzene rings is 2. The summed E-state index contributed by atoms with van der Waals surface area (Å²) >= 11 is 1.64. The van der Waals surface area contributed by atoms with E-state index in [4.69, 9.17) is 4.74 Å². The fourth-order valence-electron chi connectivity index (χ4n) is 4.31. The first-order chi connectivity index (χ1) is 15.5. The molecule has 1 aliphatic heterocycles. The second-order valence-electron chi connectivity index (χ2n) is 8.55. The molecule has 2 fully saturated rings. The lowest BCUT2D eigenvalue weighted by molar-refractivity contribution is -0.127. The van der Waals surface area contributed by atoms with Crippen molar-refractivity contribution >= 4 is 29.7 Å². The minimum absolute atomic E-state index is 0.0396. The number of ether oxygens (including phenoxy) is 1. The molecule has 1 saturated carbocycles. The second kappa shape index (κ2) is 10.3.